The van der Waals surface area contributed by atoms with Crippen LogP contribution in [0.1, 0.15) is 13.8 Å². The second-order valence-corrected chi connectivity index (χ2v) is 5.79. The first-order valence-electron chi connectivity index (χ1n) is 3.97. The predicted molar refractivity (Wildman–Crippen MR) is 48.6 cm³/mol. The van der Waals surface area contributed by atoms with Crippen molar-refractivity contribution < 1.29 is 19.1 Å². The van der Waals surface area contributed by atoms with E-state index >= 15 is 0 Å². The molecule has 5 heteroatoms. The molecule has 0 fully saturated rings. The zero-order valence-electron chi connectivity index (χ0n) is 7.87. The van der Waals surface area contributed by atoms with Crippen molar-refractivity contribution in [3.63, 3.8) is 0 Å². The molecule has 0 heterocycles. The first kappa shape index (κ1) is 12.7. The van der Waals surface area contributed by atoms with E-state index in [1.807, 2.05) is 0 Å². The Kier molecular flexibility index (Phi) is 8.16. The molecular formula is C8H14O4Te. The van der Waals surface area contributed by atoms with Crippen molar-refractivity contribution in [1.29, 1.82) is 0 Å². The van der Waals surface area contributed by atoms with Crippen molar-refractivity contribution in [2.45, 2.75) is 22.8 Å². The zero-order chi connectivity index (χ0) is 10.1. The Labute approximate surface area is 88.0 Å². The van der Waals surface area contributed by atoms with Gasteiger partial charge in [0.15, 0.2) is 0 Å². The summed E-state index contributed by atoms with van der Waals surface area (Å²) >= 11 is -0.157. The van der Waals surface area contributed by atoms with E-state index in [0.717, 1.165) is 8.94 Å². The molecule has 4 nitrogen and oxygen atoms in total. The molecule has 0 aromatic heterocycles. The Morgan fingerprint density at radius 3 is 1.69 bits per heavy atom. The zero-order valence-corrected chi connectivity index (χ0v) is 10.2. The second-order valence-electron chi connectivity index (χ2n) is 2.29. The van der Waals surface area contributed by atoms with Gasteiger partial charge < -0.3 is 0 Å². The van der Waals surface area contributed by atoms with Crippen LogP contribution in [0.25, 0.3) is 0 Å². The maximum atomic E-state index is 10.3. The average molecular weight is 302 g/mol. The van der Waals surface area contributed by atoms with Gasteiger partial charge in [-0.2, -0.15) is 0 Å². The summed E-state index contributed by atoms with van der Waals surface area (Å²) in [6.45, 7) is 3.83. The fourth-order valence-electron chi connectivity index (χ4n) is 0.591. The Hall–Kier alpha value is -0.270. The molecule has 0 saturated heterocycles. The number of hydrogen-bond donors (Lipinski definition) is 0. The topological polar surface area (TPSA) is 52.6 Å². The second kappa shape index (κ2) is 8.33. The van der Waals surface area contributed by atoms with Crippen LogP contribution in [-0.4, -0.2) is 46.1 Å². The molecule has 76 valence electrons. The van der Waals surface area contributed by atoms with E-state index in [1.165, 1.54) is 13.8 Å². The van der Waals surface area contributed by atoms with Crippen LogP contribution in [0.2, 0.25) is 8.94 Å². The fourth-order valence-corrected chi connectivity index (χ4v) is 2.32. The van der Waals surface area contributed by atoms with E-state index in [4.69, 9.17) is 9.47 Å². The van der Waals surface area contributed by atoms with Crippen molar-refractivity contribution in [2.75, 3.05) is 13.2 Å². The molecule has 0 N–H and O–H groups in total. The summed E-state index contributed by atoms with van der Waals surface area (Å²) in [5, 5.41) is 0. The van der Waals surface area contributed by atoms with Crippen LogP contribution in [0.4, 0.5) is 0 Å². The first-order valence-corrected chi connectivity index (χ1v) is 7.27. The Balaban J connectivity index is 3.00. The Morgan fingerprint density at radius 2 is 1.38 bits per heavy atom. The van der Waals surface area contributed by atoms with Crippen molar-refractivity contribution in [3.8, 4) is 0 Å². The van der Waals surface area contributed by atoms with Crippen LogP contribution in [0.15, 0.2) is 0 Å². The van der Waals surface area contributed by atoms with Gasteiger partial charge in [-0.05, 0) is 0 Å². The van der Waals surface area contributed by atoms with Gasteiger partial charge in [-0.15, -0.1) is 0 Å². The van der Waals surface area contributed by atoms with Crippen molar-refractivity contribution in [3.05, 3.63) is 0 Å². The van der Waals surface area contributed by atoms with Crippen LogP contribution >= 0.6 is 0 Å². The Bertz CT molecular complexity index is 152. The van der Waals surface area contributed by atoms with E-state index in [0.29, 0.717) is 13.2 Å². The minimum absolute atomic E-state index is 0.157. The SMILES string of the molecule is CC(=O)OCC[Te]CCOC(C)=O. The molecule has 0 radical (unpaired) electrons. The van der Waals surface area contributed by atoms with Crippen molar-refractivity contribution in [1.82, 2.24) is 0 Å². The minimum atomic E-state index is -0.229. The normalized spacial score (nSPS) is 9.38. The third kappa shape index (κ3) is 11.7. The molecular weight excluding hydrogens is 288 g/mol. The van der Waals surface area contributed by atoms with Gasteiger partial charge in [-0.25, -0.2) is 0 Å². The average Bonchev–Trinajstić information content (AvgIpc) is 2.01. The van der Waals surface area contributed by atoms with Crippen LogP contribution in [0, 0.1) is 0 Å². The van der Waals surface area contributed by atoms with E-state index in [1.54, 1.807) is 0 Å². The molecule has 0 bridgehead atoms. The summed E-state index contributed by atoms with van der Waals surface area (Å²) < 4.78 is 11.4. The molecule has 0 atom stereocenters. The molecule has 0 spiro atoms. The number of carbonyl (C=O) groups excluding carboxylic acids is 2. The van der Waals surface area contributed by atoms with Crippen molar-refractivity contribution in [2.24, 2.45) is 0 Å². The quantitative estimate of drug-likeness (QED) is 0.411. The van der Waals surface area contributed by atoms with E-state index < -0.39 is 0 Å². The molecule has 0 aliphatic rings. The summed E-state index contributed by atoms with van der Waals surface area (Å²) in [5.74, 6) is -0.458. The van der Waals surface area contributed by atoms with Gasteiger partial charge in [0.25, 0.3) is 0 Å². The predicted octanol–water partition coefficient (Wildman–Crippen LogP) is 0.653. The summed E-state index contributed by atoms with van der Waals surface area (Å²) in [6, 6.07) is 0. The summed E-state index contributed by atoms with van der Waals surface area (Å²) in [6.07, 6.45) is 0. The van der Waals surface area contributed by atoms with Crippen LogP contribution < -0.4 is 0 Å². The maximum absolute atomic E-state index is 10.3. The molecule has 13 heavy (non-hydrogen) atoms. The van der Waals surface area contributed by atoms with Crippen LogP contribution in [-0.2, 0) is 19.1 Å². The molecule has 0 amide bonds. The Morgan fingerprint density at radius 1 is 1.00 bits per heavy atom. The van der Waals surface area contributed by atoms with Crippen LogP contribution in [0.5, 0.6) is 0 Å². The molecule has 0 aromatic carbocycles. The van der Waals surface area contributed by atoms with Gasteiger partial charge >= 0.3 is 87.9 Å². The fraction of sp³-hybridized carbons (Fsp3) is 0.750. The van der Waals surface area contributed by atoms with Crippen LogP contribution in [0.3, 0.4) is 0 Å². The number of rotatable bonds is 6. The molecule has 0 aliphatic heterocycles. The summed E-state index contributed by atoms with van der Waals surface area (Å²) in [4.78, 5) is 20.7. The first-order chi connectivity index (χ1) is 6.13. The van der Waals surface area contributed by atoms with Gasteiger partial charge in [0, 0.05) is 0 Å². The van der Waals surface area contributed by atoms with Gasteiger partial charge in [0.1, 0.15) is 0 Å². The summed E-state index contributed by atoms with van der Waals surface area (Å²) in [7, 11) is 0. The van der Waals surface area contributed by atoms with Gasteiger partial charge in [0.05, 0.1) is 0 Å². The summed E-state index contributed by atoms with van der Waals surface area (Å²) in [5.41, 5.74) is 0. The van der Waals surface area contributed by atoms with Gasteiger partial charge in [-0.1, -0.05) is 0 Å². The third-order valence-corrected chi connectivity index (χ3v) is 3.67. The molecule has 0 aromatic rings. The van der Waals surface area contributed by atoms with E-state index in [9.17, 15) is 9.59 Å². The monoisotopic (exact) mass is 304 g/mol. The van der Waals surface area contributed by atoms with E-state index in [-0.39, 0.29) is 32.9 Å². The molecule has 0 rings (SSSR count). The van der Waals surface area contributed by atoms with Gasteiger partial charge in [-0.3, -0.25) is 0 Å². The number of esters is 2. The van der Waals surface area contributed by atoms with Gasteiger partial charge in [0.2, 0.25) is 0 Å². The number of carbonyl (C=O) groups is 2. The standard InChI is InChI=1S/C8H14O4Te/c1-7(9)11-3-5-13-6-4-12-8(2)10/h3-6H2,1-2H3. The van der Waals surface area contributed by atoms with E-state index in [2.05, 4.69) is 0 Å². The molecule has 0 unspecified atom stereocenters. The number of ether oxygens (including phenoxy) is 2. The third-order valence-electron chi connectivity index (χ3n) is 1.07. The van der Waals surface area contributed by atoms with Crippen molar-refractivity contribution >= 4 is 32.9 Å². The molecule has 0 saturated carbocycles. The number of hydrogen-bond acceptors (Lipinski definition) is 4. The molecule has 0 aliphatic carbocycles.